The van der Waals surface area contributed by atoms with Crippen LogP contribution in [-0.4, -0.2) is 33.8 Å². The van der Waals surface area contributed by atoms with Crippen molar-refractivity contribution < 1.29 is 5.03 Å². The first-order valence-corrected chi connectivity index (χ1v) is 5.15. The lowest BCUT2D eigenvalue weighted by Crippen LogP contribution is -2.56. The van der Waals surface area contributed by atoms with Crippen LogP contribution in [0.1, 0.15) is 33.1 Å². The minimum absolute atomic E-state index is 0.132. The van der Waals surface area contributed by atoms with Gasteiger partial charge in [0.1, 0.15) is 0 Å². The summed E-state index contributed by atoms with van der Waals surface area (Å²) in [5, 5.41) is 21.5. The molecule has 1 fully saturated rings. The van der Waals surface area contributed by atoms with Gasteiger partial charge in [-0.1, -0.05) is 6.42 Å². The van der Waals surface area contributed by atoms with Crippen LogP contribution in [0.5, 0.6) is 0 Å². The summed E-state index contributed by atoms with van der Waals surface area (Å²) >= 11 is 0. The Bertz CT molecular complexity index is 266. The zero-order valence-corrected chi connectivity index (χ0v) is 9.09. The van der Waals surface area contributed by atoms with Crippen LogP contribution in [0, 0.1) is 21.4 Å². The van der Waals surface area contributed by atoms with Crippen molar-refractivity contribution in [1.29, 1.82) is 5.26 Å². The van der Waals surface area contributed by atoms with E-state index in [0.29, 0.717) is 0 Å². The number of nitro groups is 1. The second kappa shape index (κ2) is 4.94. The lowest BCUT2D eigenvalue weighted by molar-refractivity contribution is -0.702. The van der Waals surface area contributed by atoms with Crippen LogP contribution >= 0.6 is 0 Å². The molecule has 0 spiro atoms. The third-order valence-corrected chi connectivity index (χ3v) is 2.81. The topological polar surface area (TPSA) is 73.4 Å². The van der Waals surface area contributed by atoms with E-state index in [4.69, 9.17) is 5.26 Å². The van der Waals surface area contributed by atoms with Gasteiger partial charge in [0.05, 0.1) is 6.07 Å². The van der Waals surface area contributed by atoms with Crippen LogP contribution in [0.25, 0.3) is 0 Å². The highest BCUT2D eigenvalue weighted by molar-refractivity contribution is 4.79. The quantitative estimate of drug-likeness (QED) is 0.399. The summed E-state index contributed by atoms with van der Waals surface area (Å²) in [5.74, 6) is 0. The molecule has 0 N–H and O–H groups in total. The minimum Gasteiger partial charge on any atom is -0.233 e. The molecule has 1 heterocycles. The number of rotatable bonds is 3. The predicted octanol–water partition coefficient (Wildman–Crippen LogP) is 1.18. The summed E-state index contributed by atoms with van der Waals surface area (Å²) in [4.78, 5) is 10.8. The second-order valence-electron chi connectivity index (χ2n) is 3.94. The van der Waals surface area contributed by atoms with Gasteiger partial charge in [0.25, 0.3) is 0 Å². The standard InChI is InChI=1S/C9H16N4O2/c1-8-4-3-5-9(2)12(8)11(7-6-10)13(14)15/h8-9H,3-5,7H2,1-2H3/t8-,9+. The number of nitriles is 1. The lowest BCUT2D eigenvalue weighted by atomic mass is 10.00. The molecule has 0 saturated carbocycles. The number of hydrazine groups is 2. The van der Waals surface area contributed by atoms with E-state index in [1.165, 1.54) is 0 Å². The average Bonchev–Trinajstić information content (AvgIpc) is 2.15. The van der Waals surface area contributed by atoms with Gasteiger partial charge in [0.2, 0.25) is 0 Å². The first-order valence-electron chi connectivity index (χ1n) is 5.15. The van der Waals surface area contributed by atoms with Crippen molar-refractivity contribution in [3.8, 4) is 6.07 Å². The van der Waals surface area contributed by atoms with Crippen molar-refractivity contribution in [1.82, 2.24) is 10.1 Å². The summed E-state index contributed by atoms with van der Waals surface area (Å²) in [7, 11) is 0. The van der Waals surface area contributed by atoms with Crippen molar-refractivity contribution in [2.24, 2.45) is 0 Å². The summed E-state index contributed by atoms with van der Waals surface area (Å²) in [6.07, 6.45) is 2.98. The molecule has 1 aliphatic heterocycles. The van der Waals surface area contributed by atoms with Gasteiger partial charge in [-0.2, -0.15) is 10.3 Å². The number of piperidine rings is 1. The molecule has 0 aliphatic carbocycles. The molecule has 6 nitrogen and oxygen atoms in total. The Morgan fingerprint density at radius 2 is 2.07 bits per heavy atom. The monoisotopic (exact) mass is 212 g/mol. The highest BCUT2D eigenvalue weighted by Gasteiger charge is 2.34. The van der Waals surface area contributed by atoms with Crippen LogP contribution in [-0.2, 0) is 0 Å². The van der Waals surface area contributed by atoms with Crippen LogP contribution in [0.4, 0.5) is 0 Å². The van der Waals surface area contributed by atoms with Crippen LogP contribution < -0.4 is 0 Å². The Hall–Kier alpha value is -1.35. The molecule has 0 aromatic rings. The Labute approximate surface area is 89.2 Å². The second-order valence-corrected chi connectivity index (χ2v) is 3.94. The maximum absolute atomic E-state index is 10.8. The van der Waals surface area contributed by atoms with Crippen molar-refractivity contribution in [3.63, 3.8) is 0 Å². The van der Waals surface area contributed by atoms with Gasteiger partial charge in [0, 0.05) is 12.1 Å². The van der Waals surface area contributed by atoms with E-state index >= 15 is 0 Å². The third kappa shape index (κ3) is 2.57. The van der Waals surface area contributed by atoms with E-state index in [0.717, 1.165) is 24.4 Å². The molecule has 1 aliphatic rings. The largest absolute Gasteiger partial charge is 0.233 e. The van der Waals surface area contributed by atoms with Gasteiger partial charge in [-0.05, 0) is 31.8 Å². The molecule has 15 heavy (non-hydrogen) atoms. The van der Waals surface area contributed by atoms with Gasteiger partial charge in [-0.15, -0.1) is 0 Å². The lowest BCUT2D eigenvalue weighted by Gasteiger charge is -2.39. The zero-order chi connectivity index (χ0) is 11.4. The van der Waals surface area contributed by atoms with Gasteiger partial charge < -0.3 is 0 Å². The summed E-state index contributed by atoms with van der Waals surface area (Å²) in [5.41, 5.74) is 0. The molecule has 6 heteroatoms. The molecule has 0 aromatic heterocycles. The normalized spacial score (nSPS) is 27.0. The van der Waals surface area contributed by atoms with Crippen molar-refractivity contribution in [2.45, 2.75) is 45.2 Å². The maximum Gasteiger partial charge on any atom is 0.184 e. The summed E-state index contributed by atoms with van der Waals surface area (Å²) < 4.78 is 0. The Morgan fingerprint density at radius 1 is 1.53 bits per heavy atom. The summed E-state index contributed by atoms with van der Waals surface area (Å²) in [6.45, 7) is 3.73. The Balaban J connectivity index is 2.79. The summed E-state index contributed by atoms with van der Waals surface area (Å²) in [6, 6.07) is 2.09. The Kier molecular flexibility index (Phi) is 3.86. The van der Waals surface area contributed by atoms with E-state index in [1.807, 2.05) is 19.9 Å². The number of hydrogen-bond acceptors (Lipinski definition) is 4. The molecular formula is C9H16N4O2. The SMILES string of the molecule is C[C@@H]1CCC[C@H](C)N1N(CC#N)[N+](=O)[O-]. The molecule has 0 bridgehead atoms. The molecule has 0 unspecified atom stereocenters. The van der Waals surface area contributed by atoms with Crippen molar-refractivity contribution >= 4 is 0 Å². The van der Waals surface area contributed by atoms with Gasteiger partial charge in [-0.25, -0.2) is 10.1 Å². The minimum atomic E-state index is -0.498. The van der Waals surface area contributed by atoms with Crippen LogP contribution in [0.15, 0.2) is 0 Å². The molecule has 84 valence electrons. The van der Waals surface area contributed by atoms with E-state index in [9.17, 15) is 10.1 Å². The van der Waals surface area contributed by atoms with Gasteiger partial charge in [0.15, 0.2) is 11.6 Å². The molecule has 1 rings (SSSR count). The molecule has 0 radical (unpaired) electrons. The molecular weight excluding hydrogens is 196 g/mol. The first kappa shape index (κ1) is 11.7. The maximum atomic E-state index is 10.8. The fourth-order valence-electron chi connectivity index (χ4n) is 2.15. The average molecular weight is 212 g/mol. The number of nitrogens with zero attached hydrogens (tertiary/aromatic N) is 4. The molecule has 0 aromatic carbocycles. The van der Waals surface area contributed by atoms with Crippen molar-refractivity contribution in [2.75, 3.05) is 6.54 Å². The van der Waals surface area contributed by atoms with Crippen molar-refractivity contribution in [3.05, 3.63) is 10.1 Å². The van der Waals surface area contributed by atoms with E-state index in [1.54, 1.807) is 5.01 Å². The van der Waals surface area contributed by atoms with Gasteiger partial charge >= 0.3 is 0 Å². The highest BCUT2D eigenvalue weighted by atomic mass is 16.7. The van der Waals surface area contributed by atoms with E-state index in [2.05, 4.69) is 0 Å². The molecule has 0 amide bonds. The highest BCUT2D eigenvalue weighted by Crippen LogP contribution is 2.24. The fourth-order valence-corrected chi connectivity index (χ4v) is 2.15. The van der Waals surface area contributed by atoms with Gasteiger partial charge in [-0.3, -0.25) is 0 Å². The molecule has 2 atom stereocenters. The number of hydrogen-bond donors (Lipinski definition) is 0. The van der Waals surface area contributed by atoms with Crippen LogP contribution in [0.3, 0.4) is 0 Å². The smallest absolute Gasteiger partial charge is 0.184 e. The molecule has 1 saturated heterocycles. The fraction of sp³-hybridized carbons (Fsp3) is 0.889. The zero-order valence-electron chi connectivity index (χ0n) is 9.09. The predicted molar refractivity (Wildman–Crippen MR) is 53.9 cm³/mol. The van der Waals surface area contributed by atoms with E-state index < -0.39 is 5.03 Å². The Morgan fingerprint density at radius 3 is 2.47 bits per heavy atom. The van der Waals surface area contributed by atoms with E-state index in [-0.39, 0.29) is 18.6 Å². The first-order chi connectivity index (χ1) is 7.07. The van der Waals surface area contributed by atoms with Crippen LogP contribution in [0.2, 0.25) is 0 Å². The third-order valence-electron chi connectivity index (χ3n) is 2.81.